The van der Waals surface area contributed by atoms with Gasteiger partial charge in [-0.25, -0.2) is 5.43 Å². The lowest BCUT2D eigenvalue weighted by Gasteiger charge is -2.37. The van der Waals surface area contributed by atoms with Gasteiger partial charge in [0.1, 0.15) is 0 Å². The molecule has 5 nitrogen and oxygen atoms in total. The molecule has 0 aliphatic carbocycles. The molecule has 2 aromatic rings. The quantitative estimate of drug-likeness (QED) is 0.864. The Balaban J connectivity index is 1.31. The summed E-state index contributed by atoms with van der Waals surface area (Å²) in [5.41, 5.74) is 10.7. The first-order chi connectivity index (χ1) is 13.8. The summed E-state index contributed by atoms with van der Waals surface area (Å²) in [5, 5.41) is 0. The number of rotatable bonds is 3. The minimum absolute atomic E-state index is 0.0578. The SMILES string of the molecule is O=C(C1CCOC1)N1CCC2NNC(c3ccc(-c4ccccc4)cc3)C2C1. The molecule has 146 valence electrons. The Morgan fingerprint density at radius 1 is 0.964 bits per heavy atom. The zero-order valence-electron chi connectivity index (χ0n) is 16.0. The molecule has 2 aromatic carbocycles. The van der Waals surface area contributed by atoms with Gasteiger partial charge in [-0.1, -0.05) is 54.6 Å². The van der Waals surface area contributed by atoms with Crippen molar-refractivity contribution in [2.24, 2.45) is 11.8 Å². The third-order valence-electron chi connectivity index (χ3n) is 6.48. The molecule has 0 saturated carbocycles. The molecule has 3 aliphatic rings. The molecule has 0 spiro atoms. The topological polar surface area (TPSA) is 53.6 Å². The summed E-state index contributed by atoms with van der Waals surface area (Å²) in [7, 11) is 0. The Morgan fingerprint density at radius 2 is 1.75 bits per heavy atom. The second-order valence-corrected chi connectivity index (χ2v) is 8.16. The minimum Gasteiger partial charge on any atom is -0.381 e. The number of fused-ring (bicyclic) bond motifs is 1. The molecule has 1 amide bonds. The zero-order chi connectivity index (χ0) is 18.9. The number of hydrogen-bond donors (Lipinski definition) is 2. The largest absolute Gasteiger partial charge is 0.381 e. The van der Waals surface area contributed by atoms with Crippen molar-refractivity contribution >= 4 is 5.91 Å². The maximum absolute atomic E-state index is 12.8. The Labute approximate surface area is 166 Å². The number of likely N-dealkylation sites (tertiary alicyclic amines) is 1. The van der Waals surface area contributed by atoms with Crippen molar-refractivity contribution in [2.75, 3.05) is 26.3 Å². The van der Waals surface area contributed by atoms with Crippen LogP contribution < -0.4 is 10.9 Å². The van der Waals surface area contributed by atoms with Crippen LogP contribution >= 0.6 is 0 Å². The van der Waals surface area contributed by atoms with E-state index in [0.717, 1.165) is 32.5 Å². The highest BCUT2D eigenvalue weighted by molar-refractivity contribution is 5.79. The number of carbonyl (C=O) groups excluding carboxylic acids is 1. The smallest absolute Gasteiger partial charge is 0.228 e. The molecule has 0 bridgehead atoms. The summed E-state index contributed by atoms with van der Waals surface area (Å²) < 4.78 is 5.42. The van der Waals surface area contributed by atoms with Crippen molar-refractivity contribution in [2.45, 2.75) is 24.9 Å². The Hall–Kier alpha value is -2.21. The number of nitrogens with zero attached hydrogens (tertiary/aromatic N) is 1. The third kappa shape index (κ3) is 3.34. The van der Waals surface area contributed by atoms with E-state index in [0.29, 0.717) is 18.6 Å². The number of ether oxygens (including phenoxy) is 1. The molecule has 5 rings (SSSR count). The molecule has 4 unspecified atom stereocenters. The predicted octanol–water partition coefficient (Wildman–Crippen LogP) is 2.76. The van der Waals surface area contributed by atoms with E-state index in [1.165, 1.54) is 16.7 Å². The molecule has 3 saturated heterocycles. The standard InChI is InChI=1S/C23H27N3O2/c27-23(19-11-13-28-15-19)26-12-10-21-20(14-26)22(25-24-21)18-8-6-17(7-9-18)16-4-2-1-3-5-16/h1-9,19-22,24-25H,10-15H2. The van der Waals surface area contributed by atoms with E-state index in [1.807, 2.05) is 6.07 Å². The van der Waals surface area contributed by atoms with E-state index in [9.17, 15) is 4.79 Å². The van der Waals surface area contributed by atoms with E-state index in [1.54, 1.807) is 0 Å². The average molecular weight is 377 g/mol. The molecule has 2 N–H and O–H groups in total. The number of hydrazine groups is 1. The van der Waals surface area contributed by atoms with Crippen LogP contribution in [0.25, 0.3) is 11.1 Å². The van der Waals surface area contributed by atoms with Crippen molar-refractivity contribution in [3.8, 4) is 11.1 Å². The summed E-state index contributed by atoms with van der Waals surface area (Å²) >= 11 is 0. The molecular weight excluding hydrogens is 350 g/mol. The first-order valence-corrected chi connectivity index (χ1v) is 10.3. The van der Waals surface area contributed by atoms with Crippen molar-refractivity contribution < 1.29 is 9.53 Å². The third-order valence-corrected chi connectivity index (χ3v) is 6.48. The van der Waals surface area contributed by atoms with Gasteiger partial charge >= 0.3 is 0 Å². The van der Waals surface area contributed by atoms with Crippen molar-refractivity contribution in [3.05, 3.63) is 60.2 Å². The second kappa shape index (κ2) is 7.66. The summed E-state index contributed by atoms with van der Waals surface area (Å²) in [6.07, 6.45) is 1.86. The molecule has 3 heterocycles. The maximum Gasteiger partial charge on any atom is 0.228 e. The van der Waals surface area contributed by atoms with Crippen LogP contribution in [0.3, 0.4) is 0 Å². The fourth-order valence-electron chi connectivity index (χ4n) is 4.83. The fraction of sp³-hybridized carbons (Fsp3) is 0.435. The average Bonchev–Trinajstić information content (AvgIpc) is 3.44. The number of benzene rings is 2. The first-order valence-electron chi connectivity index (χ1n) is 10.3. The number of carbonyl (C=O) groups is 1. The lowest BCUT2D eigenvalue weighted by molar-refractivity contribution is -0.137. The summed E-state index contributed by atoms with van der Waals surface area (Å²) in [4.78, 5) is 14.9. The van der Waals surface area contributed by atoms with Crippen LogP contribution in [-0.4, -0.2) is 43.2 Å². The number of piperidine rings is 1. The van der Waals surface area contributed by atoms with E-state index >= 15 is 0 Å². The van der Waals surface area contributed by atoms with Crippen molar-refractivity contribution in [3.63, 3.8) is 0 Å². The van der Waals surface area contributed by atoms with E-state index in [4.69, 9.17) is 4.74 Å². The maximum atomic E-state index is 12.8. The minimum atomic E-state index is 0.0578. The lowest BCUT2D eigenvalue weighted by Crippen LogP contribution is -2.49. The van der Waals surface area contributed by atoms with Gasteiger partial charge in [-0.3, -0.25) is 10.2 Å². The van der Waals surface area contributed by atoms with Gasteiger partial charge in [0, 0.05) is 31.7 Å². The van der Waals surface area contributed by atoms with Gasteiger partial charge in [0.25, 0.3) is 0 Å². The van der Waals surface area contributed by atoms with Crippen LogP contribution in [-0.2, 0) is 9.53 Å². The van der Waals surface area contributed by atoms with Crippen LogP contribution in [0.2, 0.25) is 0 Å². The zero-order valence-corrected chi connectivity index (χ0v) is 16.0. The van der Waals surface area contributed by atoms with Crippen LogP contribution in [0.4, 0.5) is 0 Å². The molecule has 0 aromatic heterocycles. The van der Waals surface area contributed by atoms with E-state index in [2.05, 4.69) is 64.3 Å². The summed E-state index contributed by atoms with van der Waals surface area (Å²) in [5.74, 6) is 0.728. The summed E-state index contributed by atoms with van der Waals surface area (Å²) in [6.45, 7) is 2.95. The first kappa shape index (κ1) is 17.9. The van der Waals surface area contributed by atoms with Gasteiger partial charge in [-0.2, -0.15) is 0 Å². The van der Waals surface area contributed by atoms with Gasteiger partial charge in [-0.15, -0.1) is 0 Å². The monoisotopic (exact) mass is 377 g/mol. The molecule has 5 heteroatoms. The molecule has 3 aliphatic heterocycles. The summed E-state index contributed by atoms with van der Waals surface area (Å²) in [6, 6.07) is 19.9. The molecule has 4 atom stereocenters. The second-order valence-electron chi connectivity index (χ2n) is 8.16. The highest BCUT2D eigenvalue weighted by Gasteiger charge is 2.42. The Kier molecular flexibility index (Phi) is 4.89. The molecule has 28 heavy (non-hydrogen) atoms. The Morgan fingerprint density at radius 3 is 2.50 bits per heavy atom. The molecule has 3 fully saturated rings. The van der Waals surface area contributed by atoms with Crippen LogP contribution in [0.1, 0.15) is 24.4 Å². The number of amides is 1. The van der Waals surface area contributed by atoms with Gasteiger partial charge in [0.05, 0.1) is 18.6 Å². The lowest BCUT2D eigenvalue weighted by atomic mass is 9.84. The molecular formula is C23H27N3O2. The van der Waals surface area contributed by atoms with Gasteiger partial charge in [-0.05, 0) is 29.5 Å². The van der Waals surface area contributed by atoms with Gasteiger partial charge in [0.2, 0.25) is 5.91 Å². The highest BCUT2D eigenvalue weighted by atomic mass is 16.5. The van der Waals surface area contributed by atoms with E-state index < -0.39 is 0 Å². The fourth-order valence-corrected chi connectivity index (χ4v) is 4.83. The number of hydrogen-bond acceptors (Lipinski definition) is 4. The van der Waals surface area contributed by atoms with Crippen LogP contribution in [0.5, 0.6) is 0 Å². The molecule has 0 radical (unpaired) electrons. The highest BCUT2D eigenvalue weighted by Crippen LogP contribution is 2.35. The van der Waals surface area contributed by atoms with Gasteiger partial charge in [0.15, 0.2) is 0 Å². The van der Waals surface area contributed by atoms with Crippen LogP contribution in [0, 0.1) is 11.8 Å². The normalized spacial score (nSPS) is 29.6. The Bertz CT molecular complexity index is 818. The van der Waals surface area contributed by atoms with Crippen molar-refractivity contribution in [1.82, 2.24) is 15.8 Å². The number of nitrogens with one attached hydrogen (secondary N) is 2. The predicted molar refractivity (Wildman–Crippen MR) is 108 cm³/mol. The van der Waals surface area contributed by atoms with Gasteiger partial charge < -0.3 is 9.64 Å². The van der Waals surface area contributed by atoms with E-state index in [-0.39, 0.29) is 17.9 Å². The van der Waals surface area contributed by atoms with Crippen molar-refractivity contribution in [1.29, 1.82) is 0 Å². The van der Waals surface area contributed by atoms with Crippen LogP contribution in [0.15, 0.2) is 54.6 Å².